The molecule has 0 aromatic rings. The molecule has 0 heterocycles. The van der Waals surface area contributed by atoms with E-state index in [1.165, 1.54) is 0 Å². The maximum atomic E-state index is 4.79. The average Bonchev–Trinajstić information content (AvgIpc) is 1.65. The van der Waals surface area contributed by atoms with Gasteiger partial charge in [0.05, 0.1) is 5.76 Å². The zero-order valence-corrected chi connectivity index (χ0v) is 5.95. The van der Waals surface area contributed by atoms with Crippen molar-refractivity contribution in [2.45, 2.75) is 13.8 Å². The van der Waals surface area contributed by atoms with Crippen LogP contribution in [0.25, 0.3) is 0 Å². The Balaban J connectivity index is 3.72. The van der Waals surface area contributed by atoms with E-state index in [2.05, 4.69) is 20.6 Å². The molecule has 38 valence electrons. The van der Waals surface area contributed by atoms with Gasteiger partial charge < -0.3 is 4.65 Å². The number of hydrogen-bond donors (Lipinski definition) is 0. The highest BCUT2D eigenvalue weighted by Gasteiger charge is 1.85. The summed E-state index contributed by atoms with van der Waals surface area (Å²) in [5.74, 6) is 0.708. The van der Waals surface area contributed by atoms with E-state index in [1.807, 2.05) is 6.92 Å². The predicted octanol–water partition coefficient (Wildman–Crippen LogP) is 1.73. The van der Waals surface area contributed by atoms with Crippen molar-refractivity contribution >= 4 is 24.0 Å². The third kappa shape index (κ3) is 2.74. The van der Waals surface area contributed by atoms with E-state index in [0.29, 0.717) is 5.76 Å². The van der Waals surface area contributed by atoms with Crippen LogP contribution in [0.3, 0.4) is 0 Å². The second-order valence-electron chi connectivity index (χ2n) is 1.21. The molecule has 0 amide bonds. The highest BCUT2D eigenvalue weighted by molar-refractivity contribution is 9.11. The molecule has 0 aromatic carbocycles. The molecule has 0 N–H and O–H groups in total. The first-order valence-electron chi connectivity index (χ1n) is 1.88. The van der Waals surface area contributed by atoms with Gasteiger partial charge in [0.2, 0.25) is 0 Å². The van der Waals surface area contributed by atoms with Crippen molar-refractivity contribution in [1.29, 1.82) is 0 Å². The smallest absolute Gasteiger partial charge is 0.373 e. The maximum Gasteiger partial charge on any atom is 0.373 e. The Morgan fingerprint density at radius 1 is 1.57 bits per heavy atom. The lowest BCUT2D eigenvalue weighted by Gasteiger charge is -1.97. The van der Waals surface area contributed by atoms with Gasteiger partial charge >= 0.3 is 8.05 Å². The fourth-order valence-corrected chi connectivity index (χ4v) is 0.175. The summed E-state index contributed by atoms with van der Waals surface area (Å²) < 4.78 is 5.27. The van der Waals surface area contributed by atoms with Gasteiger partial charge in [0.15, 0.2) is 0 Å². The minimum Gasteiger partial charge on any atom is -0.570 e. The number of halogens is 1. The number of hydrogen-bond acceptors (Lipinski definition) is 1. The Kier molecular flexibility index (Phi) is 3.17. The van der Waals surface area contributed by atoms with Crippen molar-refractivity contribution in [3.63, 3.8) is 0 Å². The van der Waals surface area contributed by atoms with E-state index in [-0.39, 0.29) is 0 Å². The first-order chi connectivity index (χ1) is 3.18. The van der Waals surface area contributed by atoms with E-state index < -0.39 is 0 Å². The molecule has 0 fully saturated rings. The normalized spacial score (nSPS) is 13.0. The van der Waals surface area contributed by atoms with Crippen LogP contribution in [-0.4, -0.2) is 8.05 Å². The molecular formula is C4H6BBrO. The summed E-state index contributed by atoms with van der Waals surface area (Å²) in [4.78, 5) is 0. The molecule has 3 heteroatoms. The first kappa shape index (κ1) is 7.08. The van der Waals surface area contributed by atoms with Crippen LogP contribution in [0, 0.1) is 0 Å². The fraction of sp³-hybridized carbons (Fsp3) is 0.500. The van der Waals surface area contributed by atoms with E-state index in [4.69, 9.17) is 8.05 Å². The monoisotopic (exact) mass is 160 g/mol. The van der Waals surface area contributed by atoms with Crippen molar-refractivity contribution in [3.05, 3.63) is 10.2 Å². The molecule has 0 aliphatic carbocycles. The molecule has 0 atom stereocenters. The van der Waals surface area contributed by atoms with Crippen molar-refractivity contribution in [3.8, 4) is 0 Å². The van der Waals surface area contributed by atoms with Gasteiger partial charge in [0.25, 0.3) is 0 Å². The second kappa shape index (κ2) is 3.13. The van der Waals surface area contributed by atoms with Crippen molar-refractivity contribution in [2.24, 2.45) is 0 Å². The standard InChI is InChI=1S/C4H6BBrO/c1-3(6)4(2)7-5/h1-2H3/b4-3-. The molecule has 0 spiro atoms. The van der Waals surface area contributed by atoms with E-state index in [9.17, 15) is 0 Å². The van der Waals surface area contributed by atoms with Crippen molar-refractivity contribution < 1.29 is 4.65 Å². The van der Waals surface area contributed by atoms with Crippen molar-refractivity contribution in [2.75, 3.05) is 0 Å². The van der Waals surface area contributed by atoms with Gasteiger partial charge in [0.1, 0.15) is 0 Å². The topological polar surface area (TPSA) is 9.23 Å². The molecule has 0 unspecified atom stereocenters. The molecule has 2 radical (unpaired) electrons. The van der Waals surface area contributed by atoms with Gasteiger partial charge in [-0.05, 0) is 13.8 Å². The molecule has 7 heavy (non-hydrogen) atoms. The lowest BCUT2D eigenvalue weighted by atomic mass is 10.5. The predicted molar refractivity (Wildman–Crippen MR) is 34.1 cm³/mol. The molecule has 0 aliphatic rings. The van der Waals surface area contributed by atoms with Gasteiger partial charge in [-0.25, -0.2) is 0 Å². The third-order valence-corrected chi connectivity index (χ3v) is 1.22. The highest BCUT2D eigenvalue weighted by atomic mass is 79.9. The van der Waals surface area contributed by atoms with E-state index in [1.54, 1.807) is 6.92 Å². The quantitative estimate of drug-likeness (QED) is 0.420. The summed E-state index contributed by atoms with van der Waals surface area (Å²) in [5, 5.41) is 0. The van der Waals surface area contributed by atoms with Crippen LogP contribution < -0.4 is 0 Å². The summed E-state index contributed by atoms with van der Waals surface area (Å²) in [6.07, 6.45) is 0. The van der Waals surface area contributed by atoms with Crippen LogP contribution in [0.15, 0.2) is 10.2 Å². The van der Waals surface area contributed by atoms with Crippen molar-refractivity contribution in [1.82, 2.24) is 0 Å². The summed E-state index contributed by atoms with van der Waals surface area (Å²) in [5.41, 5.74) is 0. The molecule has 0 rings (SSSR count). The van der Waals surface area contributed by atoms with Crippen LogP contribution >= 0.6 is 15.9 Å². The van der Waals surface area contributed by atoms with Gasteiger partial charge in [-0.2, -0.15) is 0 Å². The van der Waals surface area contributed by atoms with E-state index >= 15 is 0 Å². The van der Waals surface area contributed by atoms with E-state index in [0.717, 1.165) is 4.48 Å². The summed E-state index contributed by atoms with van der Waals surface area (Å²) in [7, 11) is 4.79. The number of allylic oxidation sites excluding steroid dienone is 2. The third-order valence-electron chi connectivity index (χ3n) is 0.662. The summed E-state index contributed by atoms with van der Waals surface area (Å²) in [6, 6.07) is 0. The maximum absolute atomic E-state index is 4.79. The lowest BCUT2D eigenvalue weighted by molar-refractivity contribution is 0.470. The Morgan fingerprint density at radius 2 is 2.00 bits per heavy atom. The van der Waals surface area contributed by atoms with Crippen LogP contribution in [0.4, 0.5) is 0 Å². The molecule has 0 saturated heterocycles. The van der Waals surface area contributed by atoms with Crippen LogP contribution in [0.1, 0.15) is 13.8 Å². The second-order valence-corrected chi connectivity index (χ2v) is 2.40. The highest BCUT2D eigenvalue weighted by Crippen LogP contribution is 2.08. The lowest BCUT2D eigenvalue weighted by Crippen LogP contribution is -1.80. The zero-order chi connectivity index (χ0) is 5.86. The van der Waals surface area contributed by atoms with Crippen LogP contribution in [-0.2, 0) is 4.65 Å². The Bertz CT molecular complexity index is 85.7. The van der Waals surface area contributed by atoms with Gasteiger partial charge in [-0.3, -0.25) is 0 Å². The Hall–Kier alpha value is 0.0849. The largest absolute Gasteiger partial charge is 0.570 e. The molecule has 0 bridgehead atoms. The van der Waals surface area contributed by atoms with Crippen LogP contribution in [0.2, 0.25) is 0 Å². The molecule has 0 saturated carbocycles. The molecule has 0 aliphatic heterocycles. The van der Waals surface area contributed by atoms with Crippen LogP contribution in [0.5, 0.6) is 0 Å². The minimum atomic E-state index is 0.708. The minimum absolute atomic E-state index is 0.708. The zero-order valence-electron chi connectivity index (χ0n) is 4.36. The van der Waals surface area contributed by atoms with Gasteiger partial charge in [-0.15, -0.1) is 0 Å². The first-order valence-corrected chi connectivity index (χ1v) is 2.67. The fourth-order valence-electron chi connectivity index (χ4n) is 0.0812. The Morgan fingerprint density at radius 3 is 2.00 bits per heavy atom. The number of rotatable bonds is 1. The molecular weight excluding hydrogens is 155 g/mol. The molecule has 0 aromatic heterocycles. The SMILES string of the molecule is [B]O/C(C)=C(/C)Br. The molecule has 1 nitrogen and oxygen atoms in total. The Labute approximate surface area is 53.3 Å². The average molecular weight is 161 g/mol. The summed E-state index contributed by atoms with van der Waals surface area (Å²) in [6.45, 7) is 3.65. The summed E-state index contributed by atoms with van der Waals surface area (Å²) >= 11 is 3.17. The van der Waals surface area contributed by atoms with Gasteiger partial charge in [0, 0.05) is 4.48 Å². The van der Waals surface area contributed by atoms with Gasteiger partial charge in [-0.1, -0.05) is 15.9 Å².